The van der Waals surface area contributed by atoms with E-state index in [1.165, 1.54) is 19.3 Å². The summed E-state index contributed by atoms with van der Waals surface area (Å²) in [5.41, 5.74) is 1.76. The Morgan fingerprint density at radius 2 is 1.86 bits per heavy atom. The van der Waals surface area contributed by atoms with Gasteiger partial charge in [0.2, 0.25) is 0 Å². The van der Waals surface area contributed by atoms with Crippen LogP contribution in [-0.4, -0.2) is 28.8 Å². The van der Waals surface area contributed by atoms with Crippen molar-refractivity contribution in [1.82, 2.24) is 15.1 Å². The summed E-state index contributed by atoms with van der Waals surface area (Å²) in [6.07, 6.45) is 6.52. The van der Waals surface area contributed by atoms with E-state index in [9.17, 15) is 13.6 Å². The summed E-state index contributed by atoms with van der Waals surface area (Å²) in [4.78, 5) is 13.0. The molecule has 1 saturated carbocycles. The van der Waals surface area contributed by atoms with E-state index < -0.39 is 6.61 Å². The molecule has 0 aliphatic heterocycles. The number of amides is 1. The van der Waals surface area contributed by atoms with Gasteiger partial charge in [-0.05, 0) is 61.1 Å². The molecule has 0 radical (unpaired) electrons. The van der Waals surface area contributed by atoms with Gasteiger partial charge in [-0.1, -0.05) is 64.6 Å². The molecule has 1 aliphatic rings. The summed E-state index contributed by atoms with van der Waals surface area (Å²) < 4.78 is 33.0. The molecular weight excluding hydrogens is 472 g/mol. The van der Waals surface area contributed by atoms with Gasteiger partial charge in [-0.15, -0.1) is 0 Å². The van der Waals surface area contributed by atoms with Gasteiger partial charge in [-0.25, -0.2) is 0 Å². The first-order chi connectivity index (χ1) is 16.5. The second-order valence-electron chi connectivity index (χ2n) is 10.8. The van der Waals surface area contributed by atoms with E-state index in [1.54, 1.807) is 16.8 Å². The number of aromatic nitrogens is 2. The second-order valence-corrected chi connectivity index (χ2v) is 11.2. The van der Waals surface area contributed by atoms with Crippen LogP contribution in [0.5, 0.6) is 5.75 Å². The summed E-state index contributed by atoms with van der Waals surface area (Å²) in [5.74, 6) is 0.924. The van der Waals surface area contributed by atoms with Crippen molar-refractivity contribution in [3.8, 4) is 17.0 Å². The number of carbonyl (C=O) groups is 1. The molecule has 1 amide bonds. The Labute approximate surface area is 212 Å². The first-order valence-electron chi connectivity index (χ1n) is 12.6. The minimum absolute atomic E-state index is 0.0203. The van der Waals surface area contributed by atoms with Gasteiger partial charge < -0.3 is 10.1 Å². The summed E-state index contributed by atoms with van der Waals surface area (Å²) >= 11 is 6.66. The second kappa shape index (κ2) is 11.7. The molecule has 1 aromatic carbocycles. The molecule has 35 heavy (non-hydrogen) atoms. The lowest BCUT2D eigenvalue weighted by molar-refractivity contribution is -0.0495. The molecule has 0 atom stereocenters. The molecule has 1 heterocycles. The zero-order valence-corrected chi connectivity index (χ0v) is 22.2. The Kier molecular flexibility index (Phi) is 9.19. The van der Waals surface area contributed by atoms with E-state index in [1.807, 2.05) is 13.0 Å². The zero-order chi connectivity index (χ0) is 25.8. The number of benzene rings is 1. The monoisotopic (exact) mass is 509 g/mol. The van der Waals surface area contributed by atoms with E-state index in [4.69, 9.17) is 16.3 Å². The average molecular weight is 510 g/mol. The fourth-order valence-corrected chi connectivity index (χ4v) is 5.24. The van der Waals surface area contributed by atoms with E-state index in [0.717, 1.165) is 24.3 Å². The summed E-state index contributed by atoms with van der Waals surface area (Å²) in [7, 11) is 0. The predicted molar refractivity (Wildman–Crippen MR) is 136 cm³/mol. The molecule has 8 heteroatoms. The van der Waals surface area contributed by atoms with Crippen molar-refractivity contribution >= 4 is 17.5 Å². The van der Waals surface area contributed by atoms with E-state index in [-0.39, 0.29) is 27.8 Å². The maximum Gasteiger partial charge on any atom is 0.387 e. The molecule has 1 aliphatic carbocycles. The van der Waals surface area contributed by atoms with Crippen LogP contribution in [0.2, 0.25) is 5.02 Å². The molecule has 2 aromatic rings. The van der Waals surface area contributed by atoms with Crippen LogP contribution in [0.1, 0.15) is 82.8 Å². The van der Waals surface area contributed by atoms with E-state index in [2.05, 4.69) is 38.1 Å². The van der Waals surface area contributed by atoms with Crippen molar-refractivity contribution < 1.29 is 18.3 Å². The Balaban J connectivity index is 1.86. The van der Waals surface area contributed by atoms with Crippen LogP contribution in [-0.2, 0) is 13.0 Å². The Morgan fingerprint density at radius 1 is 1.20 bits per heavy atom. The fourth-order valence-electron chi connectivity index (χ4n) is 4.91. The van der Waals surface area contributed by atoms with E-state index >= 15 is 0 Å². The van der Waals surface area contributed by atoms with Gasteiger partial charge in [0, 0.05) is 18.7 Å². The van der Waals surface area contributed by atoms with Crippen molar-refractivity contribution in [2.45, 2.75) is 86.3 Å². The number of aryl methyl sites for hydroxylation is 1. The normalized spacial score (nSPS) is 18.7. The fraction of sp³-hybridized carbons (Fsp3) is 0.630. The van der Waals surface area contributed by atoms with Gasteiger partial charge in [0.1, 0.15) is 5.75 Å². The quantitative estimate of drug-likeness (QED) is 0.384. The Hall–Kier alpha value is -2.15. The van der Waals surface area contributed by atoms with Crippen molar-refractivity contribution in [1.29, 1.82) is 0 Å². The summed E-state index contributed by atoms with van der Waals surface area (Å²) in [6, 6.07) is 5.23. The van der Waals surface area contributed by atoms with Crippen LogP contribution >= 0.6 is 11.6 Å². The van der Waals surface area contributed by atoms with Crippen molar-refractivity contribution in [2.24, 2.45) is 17.3 Å². The lowest BCUT2D eigenvalue weighted by Crippen LogP contribution is -2.31. The number of alkyl halides is 2. The van der Waals surface area contributed by atoms with Gasteiger partial charge in [0.15, 0.2) is 5.69 Å². The molecule has 5 nitrogen and oxygen atoms in total. The first kappa shape index (κ1) is 27.4. The number of halogens is 3. The van der Waals surface area contributed by atoms with Crippen LogP contribution in [0.15, 0.2) is 18.2 Å². The highest BCUT2D eigenvalue weighted by Crippen LogP contribution is 2.39. The van der Waals surface area contributed by atoms with Crippen LogP contribution in [0, 0.1) is 17.3 Å². The number of ether oxygens (including phenoxy) is 1. The minimum atomic E-state index is -2.99. The summed E-state index contributed by atoms with van der Waals surface area (Å²) in [5, 5.41) is 7.56. The molecule has 0 bridgehead atoms. The number of rotatable bonds is 9. The Bertz CT molecular complexity index is 1010. The molecule has 0 unspecified atom stereocenters. The number of carbonyl (C=O) groups excluding carboxylic acids is 1. The predicted octanol–water partition coefficient (Wildman–Crippen LogP) is 7.36. The molecule has 3 rings (SSSR count). The van der Waals surface area contributed by atoms with Crippen LogP contribution in [0.25, 0.3) is 11.3 Å². The van der Waals surface area contributed by atoms with Crippen LogP contribution < -0.4 is 10.1 Å². The lowest BCUT2D eigenvalue weighted by Gasteiger charge is -2.27. The third-order valence-corrected chi connectivity index (χ3v) is 7.11. The largest absolute Gasteiger partial charge is 0.434 e. The topological polar surface area (TPSA) is 56.2 Å². The van der Waals surface area contributed by atoms with Gasteiger partial charge in [0.05, 0.1) is 10.7 Å². The zero-order valence-electron chi connectivity index (χ0n) is 21.5. The van der Waals surface area contributed by atoms with Crippen LogP contribution in [0.4, 0.5) is 8.78 Å². The molecule has 1 aromatic heterocycles. The number of hydrogen-bond acceptors (Lipinski definition) is 3. The van der Waals surface area contributed by atoms with Gasteiger partial charge in [-0.3, -0.25) is 9.48 Å². The molecule has 1 fully saturated rings. The highest BCUT2D eigenvalue weighted by atomic mass is 35.5. The first-order valence-corrected chi connectivity index (χ1v) is 13.0. The molecule has 1 N–H and O–H groups in total. The lowest BCUT2D eigenvalue weighted by atomic mass is 9.81. The number of nitrogens with one attached hydrogen (secondary N) is 1. The maximum atomic E-state index is 13.3. The van der Waals surface area contributed by atoms with Crippen molar-refractivity contribution in [2.75, 3.05) is 6.54 Å². The van der Waals surface area contributed by atoms with Gasteiger partial charge >= 0.3 is 6.61 Å². The highest BCUT2D eigenvalue weighted by molar-refractivity contribution is 6.36. The molecule has 0 saturated heterocycles. The average Bonchev–Trinajstić information content (AvgIpc) is 3.12. The summed E-state index contributed by atoms with van der Waals surface area (Å²) in [6.45, 7) is 8.35. The smallest absolute Gasteiger partial charge is 0.387 e. The third kappa shape index (κ3) is 7.18. The van der Waals surface area contributed by atoms with E-state index in [0.29, 0.717) is 36.7 Å². The van der Waals surface area contributed by atoms with Gasteiger partial charge in [0.25, 0.3) is 5.91 Å². The number of nitrogens with zero attached hydrogens (tertiary/aromatic N) is 2. The maximum absolute atomic E-state index is 13.3. The molecular formula is C27H38ClF2N3O2. The SMILES string of the molecule is CCC1CCC(CNC(=O)c2nn(CC)c(-c3ccc(CC(C)(C)C)cc3OC(F)F)c2Cl)CC1. The third-order valence-electron chi connectivity index (χ3n) is 6.76. The molecule has 194 valence electrons. The Morgan fingerprint density at radius 3 is 2.43 bits per heavy atom. The van der Waals surface area contributed by atoms with Crippen LogP contribution in [0.3, 0.4) is 0 Å². The van der Waals surface area contributed by atoms with Gasteiger partial charge in [-0.2, -0.15) is 13.9 Å². The minimum Gasteiger partial charge on any atom is -0.434 e. The van der Waals surface area contributed by atoms with Crippen molar-refractivity contribution in [3.63, 3.8) is 0 Å². The highest BCUT2D eigenvalue weighted by Gasteiger charge is 2.27. The molecule has 0 spiro atoms. The van der Waals surface area contributed by atoms with Crippen molar-refractivity contribution in [3.05, 3.63) is 34.5 Å². The number of hydrogen-bond donors (Lipinski definition) is 1. The standard InChI is InChI=1S/C27H38ClF2N3O2/c1-6-17-8-10-18(11-9-17)16-31-25(34)23-22(28)24(33(7-2)32-23)20-13-12-19(15-27(3,4)5)14-21(20)35-26(29)30/h12-14,17-18,26H,6-11,15-16H2,1-5H3,(H,31,34).